The monoisotopic (exact) mass is 294 g/mol. The van der Waals surface area contributed by atoms with E-state index in [1.54, 1.807) is 0 Å². The highest BCUT2D eigenvalue weighted by Crippen LogP contribution is 2.34. The molecule has 1 N–H and O–H groups in total. The topological polar surface area (TPSA) is 32.3 Å². The van der Waals surface area contributed by atoms with Crippen LogP contribution >= 0.6 is 0 Å². The molecule has 3 nitrogen and oxygen atoms in total. The zero-order valence-corrected chi connectivity index (χ0v) is 14.3. The van der Waals surface area contributed by atoms with Crippen molar-refractivity contribution in [3.05, 3.63) is 0 Å². The Morgan fingerprint density at radius 2 is 2.24 bits per heavy atom. The van der Waals surface area contributed by atoms with Gasteiger partial charge in [0.25, 0.3) is 0 Å². The van der Waals surface area contributed by atoms with E-state index < -0.39 is 0 Å². The molecule has 2 aliphatic rings. The Morgan fingerprint density at radius 1 is 1.43 bits per heavy atom. The lowest BCUT2D eigenvalue weighted by molar-refractivity contribution is -0.136. The molecule has 2 rings (SSSR count). The number of piperidine rings is 2. The number of carbonyl (C=O) groups is 1. The number of nitrogens with one attached hydrogen (secondary N) is 1. The van der Waals surface area contributed by atoms with Crippen LogP contribution in [0.3, 0.4) is 0 Å². The predicted octanol–water partition coefficient (Wildman–Crippen LogP) is 3.44. The van der Waals surface area contributed by atoms with Crippen molar-refractivity contribution in [3.63, 3.8) is 0 Å². The third-order valence-corrected chi connectivity index (χ3v) is 5.62. The molecule has 3 unspecified atom stereocenters. The summed E-state index contributed by atoms with van der Waals surface area (Å²) in [6.07, 6.45) is 8.24. The molecule has 3 atom stereocenters. The number of nitrogens with zero attached hydrogens (tertiary/aromatic N) is 1. The second-order valence-electron chi connectivity index (χ2n) is 7.77. The summed E-state index contributed by atoms with van der Waals surface area (Å²) in [5.74, 6) is 1.61. The third kappa shape index (κ3) is 4.70. The summed E-state index contributed by atoms with van der Waals surface area (Å²) in [6, 6.07) is 0. The quantitative estimate of drug-likeness (QED) is 0.842. The maximum Gasteiger partial charge on any atom is 0.222 e. The van der Waals surface area contributed by atoms with E-state index in [9.17, 15) is 4.79 Å². The molecule has 21 heavy (non-hydrogen) atoms. The molecular weight excluding hydrogens is 260 g/mol. The van der Waals surface area contributed by atoms with Crippen LogP contribution in [-0.4, -0.2) is 37.0 Å². The van der Waals surface area contributed by atoms with Gasteiger partial charge in [-0.2, -0.15) is 0 Å². The van der Waals surface area contributed by atoms with Crippen molar-refractivity contribution in [3.8, 4) is 0 Å². The highest BCUT2D eigenvalue weighted by molar-refractivity contribution is 5.76. The van der Waals surface area contributed by atoms with Gasteiger partial charge in [-0.1, -0.05) is 27.2 Å². The minimum atomic E-state index is 0.359. The Hall–Kier alpha value is -0.570. The van der Waals surface area contributed by atoms with Gasteiger partial charge in [-0.05, 0) is 62.4 Å². The van der Waals surface area contributed by atoms with Crippen molar-refractivity contribution in [1.82, 2.24) is 10.2 Å². The van der Waals surface area contributed by atoms with Gasteiger partial charge in [0, 0.05) is 19.5 Å². The molecule has 2 fully saturated rings. The van der Waals surface area contributed by atoms with Crippen LogP contribution in [0.5, 0.6) is 0 Å². The summed E-state index contributed by atoms with van der Waals surface area (Å²) in [4.78, 5) is 14.8. The normalized spacial score (nSPS) is 32.0. The summed E-state index contributed by atoms with van der Waals surface area (Å²) in [5, 5.41) is 3.47. The molecule has 1 amide bonds. The van der Waals surface area contributed by atoms with Gasteiger partial charge < -0.3 is 10.2 Å². The molecule has 122 valence electrons. The summed E-state index contributed by atoms with van der Waals surface area (Å²) < 4.78 is 0. The summed E-state index contributed by atoms with van der Waals surface area (Å²) in [7, 11) is 0. The van der Waals surface area contributed by atoms with Crippen molar-refractivity contribution in [2.45, 2.75) is 65.7 Å². The van der Waals surface area contributed by atoms with E-state index in [2.05, 4.69) is 31.0 Å². The molecule has 0 saturated carbocycles. The van der Waals surface area contributed by atoms with Crippen molar-refractivity contribution in [2.24, 2.45) is 17.3 Å². The number of likely N-dealkylation sites (tertiary alicyclic amines) is 1. The van der Waals surface area contributed by atoms with Crippen LogP contribution in [0, 0.1) is 17.3 Å². The molecule has 3 heteroatoms. The lowest BCUT2D eigenvalue weighted by Gasteiger charge is -2.41. The highest BCUT2D eigenvalue weighted by atomic mass is 16.2. The highest BCUT2D eigenvalue weighted by Gasteiger charge is 2.33. The van der Waals surface area contributed by atoms with Crippen molar-refractivity contribution in [1.29, 1.82) is 0 Å². The van der Waals surface area contributed by atoms with Crippen LogP contribution in [0.15, 0.2) is 0 Å². The van der Waals surface area contributed by atoms with Gasteiger partial charge in [-0.3, -0.25) is 4.79 Å². The fourth-order valence-corrected chi connectivity index (χ4v) is 4.27. The molecule has 2 heterocycles. The Bertz CT molecular complexity index is 334. The van der Waals surface area contributed by atoms with Gasteiger partial charge in [0.15, 0.2) is 0 Å². The van der Waals surface area contributed by atoms with E-state index in [0.29, 0.717) is 23.2 Å². The van der Waals surface area contributed by atoms with E-state index in [1.165, 1.54) is 38.5 Å². The first kappa shape index (κ1) is 16.8. The van der Waals surface area contributed by atoms with E-state index in [-0.39, 0.29) is 0 Å². The average molecular weight is 294 g/mol. The largest absolute Gasteiger partial charge is 0.342 e. The standard InChI is InChI=1S/C18H34N2O/c1-4-8-18(3)9-6-11-20(14-18)17(21)12-15(2)16-7-5-10-19-13-16/h15-16,19H,4-14H2,1-3H3. The van der Waals surface area contributed by atoms with Gasteiger partial charge in [-0.25, -0.2) is 0 Å². The van der Waals surface area contributed by atoms with Gasteiger partial charge in [-0.15, -0.1) is 0 Å². The molecule has 0 radical (unpaired) electrons. The van der Waals surface area contributed by atoms with E-state index >= 15 is 0 Å². The minimum Gasteiger partial charge on any atom is -0.342 e. The van der Waals surface area contributed by atoms with E-state index in [0.717, 1.165) is 32.6 Å². The summed E-state index contributed by atoms with van der Waals surface area (Å²) in [5.41, 5.74) is 0.359. The first-order chi connectivity index (χ1) is 10.0. The van der Waals surface area contributed by atoms with Gasteiger partial charge in [0.1, 0.15) is 0 Å². The first-order valence-corrected chi connectivity index (χ1v) is 9.02. The Balaban J connectivity index is 1.84. The SMILES string of the molecule is CCCC1(C)CCCN(C(=O)CC(C)C2CCCNC2)C1. The minimum absolute atomic E-state index is 0.359. The van der Waals surface area contributed by atoms with Gasteiger partial charge >= 0.3 is 0 Å². The third-order valence-electron chi connectivity index (χ3n) is 5.62. The molecule has 0 aromatic carbocycles. The van der Waals surface area contributed by atoms with Crippen LogP contribution in [0.4, 0.5) is 0 Å². The van der Waals surface area contributed by atoms with E-state index in [1.807, 2.05) is 0 Å². The molecule has 2 aliphatic heterocycles. The van der Waals surface area contributed by atoms with Crippen LogP contribution in [0.1, 0.15) is 65.7 Å². The second-order valence-corrected chi connectivity index (χ2v) is 7.77. The molecule has 0 bridgehead atoms. The van der Waals surface area contributed by atoms with Crippen LogP contribution in [0.2, 0.25) is 0 Å². The zero-order valence-electron chi connectivity index (χ0n) is 14.3. The fraction of sp³-hybridized carbons (Fsp3) is 0.944. The Morgan fingerprint density at radius 3 is 2.90 bits per heavy atom. The number of rotatable bonds is 5. The van der Waals surface area contributed by atoms with Gasteiger partial charge in [0.2, 0.25) is 5.91 Å². The summed E-state index contributed by atoms with van der Waals surface area (Å²) in [6.45, 7) is 11.1. The van der Waals surface area contributed by atoms with Crippen molar-refractivity contribution in [2.75, 3.05) is 26.2 Å². The zero-order chi connectivity index (χ0) is 15.3. The van der Waals surface area contributed by atoms with Crippen LogP contribution < -0.4 is 5.32 Å². The summed E-state index contributed by atoms with van der Waals surface area (Å²) >= 11 is 0. The van der Waals surface area contributed by atoms with Crippen molar-refractivity contribution >= 4 is 5.91 Å². The maximum atomic E-state index is 12.6. The molecular formula is C18H34N2O. The molecule has 0 aliphatic carbocycles. The molecule has 0 aromatic rings. The number of hydrogen-bond donors (Lipinski definition) is 1. The Labute approximate surface area is 130 Å². The first-order valence-electron chi connectivity index (χ1n) is 9.02. The second kappa shape index (κ2) is 7.62. The van der Waals surface area contributed by atoms with E-state index in [4.69, 9.17) is 0 Å². The lowest BCUT2D eigenvalue weighted by atomic mass is 9.78. The Kier molecular flexibility index (Phi) is 6.09. The molecule has 2 saturated heterocycles. The van der Waals surface area contributed by atoms with Crippen LogP contribution in [0.25, 0.3) is 0 Å². The van der Waals surface area contributed by atoms with Gasteiger partial charge in [0.05, 0.1) is 0 Å². The fourth-order valence-electron chi connectivity index (χ4n) is 4.27. The number of amides is 1. The lowest BCUT2D eigenvalue weighted by Crippen LogP contribution is -2.45. The number of hydrogen-bond acceptors (Lipinski definition) is 2. The maximum absolute atomic E-state index is 12.6. The smallest absolute Gasteiger partial charge is 0.222 e. The predicted molar refractivity (Wildman–Crippen MR) is 88.2 cm³/mol. The molecule has 0 spiro atoms. The number of carbonyl (C=O) groups excluding carboxylic acids is 1. The van der Waals surface area contributed by atoms with Crippen LogP contribution in [-0.2, 0) is 4.79 Å². The molecule has 0 aromatic heterocycles. The average Bonchev–Trinajstić information content (AvgIpc) is 2.48. The van der Waals surface area contributed by atoms with Crippen molar-refractivity contribution < 1.29 is 4.79 Å².